The molecule has 0 aliphatic carbocycles. The standard InChI is InChI=1S/C26H26N2O4/c1-17-7-9-20(10-8-17)25(29)27-21-11-12-24-23(16-21)28(26(30)19(3)32-24)13-14-31-22-6-4-5-18(2)15-22/h4-12,15-16,19H,13-14H2,1-3H3,(H,27,29). The molecule has 6 heteroatoms. The van der Waals surface area contributed by atoms with Crippen LogP contribution in [0.5, 0.6) is 11.5 Å². The summed E-state index contributed by atoms with van der Waals surface area (Å²) in [5, 5.41) is 2.90. The van der Waals surface area contributed by atoms with Crippen molar-refractivity contribution >= 4 is 23.2 Å². The number of anilines is 2. The van der Waals surface area contributed by atoms with Gasteiger partial charge in [0.25, 0.3) is 11.8 Å². The molecule has 0 saturated carbocycles. The maximum Gasteiger partial charge on any atom is 0.267 e. The number of fused-ring (bicyclic) bond motifs is 1. The van der Waals surface area contributed by atoms with E-state index in [-0.39, 0.29) is 11.8 Å². The van der Waals surface area contributed by atoms with Crippen LogP contribution in [0.25, 0.3) is 0 Å². The topological polar surface area (TPSA) is 67.9 Å². The van der Waals surface area contributed by atoms with Crippen molar-refractivity contribution in [3.05, 3.63) is 83.4 Å². The second-order valence-corrected chi connectivity index (χ2v) is 7.92. The van der Waals surface area contributed by atoms with Crippen molar-refractivity contribution in [3.63, 3.8) is 0 Å². The summed E-state index contributed by atoms with van der Waals surface area (Å²) < 4.78 is 11.6. The van der Waals surface area contributed by atoms with Gasteiger partial charge in [-0.3, -0.25) is 9.59 Å². The Morgan fingerprint density at radius 3 is 2.56 bits per heavy atom. The normalized spacial score (nSPS) is 15.0. The van der Waals surface area contributed by atoms with Gasteiger partial charge in [-0.1, -0.05) is 29.8 Å². The van der Waals surface area contributed by atoms with Crippen LogP contribution < -0.4 is 19.7 Å². The first-order valence-electron chi connectivity index (χ1n) is 10.6. The number of carbonyl (C=O) groups is 2. The Bertz CT molecular complexity index is 1140. The van der Waals surface area contributed by atoms with E-state index in [0.29, 0.717) is 35.8 Å². The van der Waals surface area contributed by atoms with Gasteiger partial charge in [-0.2, -0.15) is 0 Å². The van der Waals surface area contributed by atoms with E-state index in [1.165, 1.54) is 0 Å². The number of nitrogens with zero attached hydrogens (tertiary/aromatic N) is 1. The van der Waals surface area contributed by atoms with Crippen LogP contribution in [0, 0.1) is 13.8 Å². The largest absolute Gasteiger partial charge is 0.492 e. The summed E-state index contributed by atoms with van der Waals surface area (Å²) in [4.78, 5) is 27.1. The van der Waals surface area contributed by atoms with Crippen LogP contribution in [0.3, 0.4) is 0 Å². The van der Waals surface area contributed by atoms with Crippen LogP contribution in [-0.2, 0) is 4.79 Å². The average molecular weight is 431 g/mol. The van der Waals surface area contributed by atoms with E-state index in [9.17, 15) is 9.59 Å². The Kier molecular flexibility index (Phi) is 6.12. The first kappa shape index (κ1) is 21.4. The first-order valence-corrected chi connectivity index (χ1v) is 10.6. The highest BCUT2D eigenvalue weighted by Crippen LogP contribution is 2.36. The third kappa shape index (κ3) is 4.75. The zero-order chi connectivity index (χ0) is 22.7. The average Bonchev–Trinajstić information content (AvgIpc) is 2.77. The van der Waals surface area contributed by atoms with Crippen LogP contribution in [-0.4, -0.2) is 31.1 Å². The molecule has 0 saturated heterocycles. The third-order valence-corrected chi connectivity index (χ3v) is 5.31. The van der Waals surface area contributed by atoms with Gasteiger partial charge in [0.2, 0.25) is 0 Å². The molecule has 2 amide bonds. The SMILES string of the molecule is Cc1ccc(C(=O)Nc2ccc3c(c2)N(CCOc2cccc(C)c2)C(=O)C(C)O3)cc1. The van der Waals surface area contributed by atoms with E-state index in [1.54, 1.807) is 42.2 Å². The summed E-state index contributed by atoms with van der Waals surface area (Å²) in [6.45, 7) is 6.40. The van der Waals surface area contributed by atoms with Crippen LogP contribution >= 0.6 is 0 Å². The first-order chi connectivity index (χ1) is 15.4. The van der Waals surface area contributed by atoms with Crippen LogP contribution in [0.2, 0.25) is 0 Å². The van der Waals surface area contributed by atoms with Crippen LogP contribution in [0.1, 0.15) is 28.4 Å². The van der Waals surface area contributed by atoms with Gasteiger partial charge in [0, 0.05) is 11.3 Å². The van der Waals surface area contributed by atoms with E-state index in [0.717, 1.165) is 16.9 Å². The van der Waals surface area contributed by atoms with E-state index in [1.807, 2.05) is 50.2 Å². The molecular formula is C26H26N2O4. The van der Waals surface area contributed by atoms with Gasteiger partial charge in [0.15, 0.2) is 6.10 Å². The quantitative estimate of drug-likeness (QED) is 0.613. The van der Waals surface area contributed by atoms with E-state index in [2.05, 4.69) is 5.32 Å². The molecule has 3 aromatic rings. The van der Waals surface area contributed by atoms with Crippen molar-refractivity contribution < 1.29 is 19.1 Å². The van der Waals surface area contributed by atoms with Gasteiger partial charge in [-0.25, -0.2) is 0 Å². The number of carbonyl (C=O) groups excluding carboxylic acids is 2. The smallest absolute Gasteiger partial charge is 0.267 e. The predicted octanol–water partition coefficient (Wildman–Crippen LogP) is 4.75. The minimum atomic E-state index is -0.588. The maximum absolute atomic E-state index is 12.8. The van der Waals surface area contributed by atoms with Gasteiger partial charge in [-0.15, -0.1) is 0 Å². The number of hydrogen-bond acceptors (Lipinski definition) is 4. The second-order valence-electron chi connectivity index (χ2n) is 7.92. The van der Waals surface area contributed by atoms with E-state index < -0.39 is 6.10 Å². The van der Waals surface area contributed by atoms with Gasteiger partial charge < -0.3 is 19.7 Å². The molecule has 6 nitrogen and oxygen atoms in total. The molecule has 1 atom stereocenters. The number of hydrogen-bond donors (Lipinski definition) is 1. The number of aryl methyl sites for hydroxylation is 2. The molecule has 1 N–H and O–H groups in total. The molecule has 4 rings (SSSR count). The Hall–Kier alpha value is -3.80. The van der Waals surface area contributed by atoms with Crippen LogP contribution in [0.15, 0.2) is 66.7 Å². The number of benzene rings is 3. The second kappa shape index (κ2) is 9.14. The molecule has 1 aliphatic heterocycles. The molecule has 0 spiro atoms. The van der Waals surface area contributed by atoms with Gasteiger partial charge in [-0.05, 0) is 68.8 Å². The number of ether oxygens (including phenoxy) is 2. The summed E-state index contributed by atoms with van der Waals surface area (Å²) in [5.74, 6) is 1.00. The van der Waals surface area contributed by atoms with Crippen molar-refractivity contribution in [2.75, 3.05) is 23.4 Å². The molecule has 1 aliphatic rings. The third-order valence-electron chi connectivity index (χ3n) is 5.31. The van der Waals surface area contributed by atoms with Crippen molar-refractivity contribution in [3.8, 4) is 11.5 Å². The van der Waals surface area contributed by atoms with Gasteiger partial charge in [0.1, 0.15) is 18.1 Å². The number of rotatable bonds is 6. The van der Waals surface area contributed by atoms with Crippen molar-refractivity contribution in [2.24, 2.45) is 0 Å². The number of nitrogens with one attached hydrogen (secondary N) is 1. The Morgan fingerprint density at radius 1 is 1.03 bits per heavy atom. The summed E-state index contributed by atoms with van der Waals surface area (Å²) in [6.07, 6.45) is -0.588. The van der Waals surface area contributed by atoms with Crippen molar-refractivity contribution in [1.82, 2.24) is 0 Å². The van der Waals surface area contributed by atoms with Gasteiger partial charge >= 0.3 is 0 Å². The summed E-state index contributed by atoms with van der Waals surface area (Å²) in [7, 11) is 0. The van der Waals surface area contributed by atoms with Crippen LogP contribution in [0.4, 0.5) is 11.4 Å². The molecule has 0 aromatic heterocycles. The fourth-order valence-electron chi connectivity index (χ4n) is 3.58. The molecule has 0 fully saturated rings. The van der Waals surface area contributed by atoms with Gasteiger partial charge in [0.05, 0.1) is 12.2 Å². The molecule has 164 valence electrons. The predicted molar refractivity (Wildman–Crippen MR) is 125 cm³/mol. The Morgan fingerprint density at radius 2 is 1.81 bits per heavy atom. The van der Waals surface area contributed by atoms with E-state index >= 15 is 0 Å². The molecule has 1 heterocycles. The lowest BCUT2D eigenvalue weighted by molar-refractivity contribution is -0.125. The highest BCUT2D eigenvalue weighted by Gasteiger charge is 2.31. The number of amides is 2. The zero-order valence-corrected chi connectivity index (χ0v) is 18.4. The molecular weight excluding hydrogens is 404 g/mol. The Labute approximate surface area is 187 Å². The lowest BCUT2D eigenvalue weighted by atomic mass is 10.1. The minimum absolute atomic E-state index is 0.146. The lowest BCUT2D eigenvalue weighted by Gasteiger charge is -2.33. The molecule has 32 heavy (non-hydrogen) atoms. The summed E-state index contributed by atoms with van der Waals surface area (Å²) >= 11 is 0. The zero-order valence-electron chi connectivity index (χ0n) is 18.4. The highest BCUT2D eigenvalue weighted by molar-refractivity contribution is 6.05. The molecule has 0 radical (unpaired) electrons. The fraction of sp³-hybridized carbons (Fsp3) is 0.231. The Balaban J connectivity index is 1.50. The lowest BCUT2D eigenvalue weighted by Crippen LogP contribution is -2.46. The fourth-order valence-corrected chi connectivity index (χ4v) is 3.58. The minimum Gasteiger partial charge on any atom is -0.492 e. The van der Waals surface area contributed by atoms with Crippen molar-refractivity contribution in [2.45, 2.75) is 26.9 Å². The van der Waals surface area contributed by atoms with Crippen molar-refractivity contribution in [1.29, 1.82) is 0 Å². The molecule has 0 bridgehead atoms. The molecule has 1 unspecified atom stereocenters. The molecule has 3 aromatic carbocycles. The summed E-state index contributed by atoms with van der Waals surface area (Å²) in [5.41, 5.74) is 3.96. The van der Waals surface area contributed by atoms with E-state index in [4.69, 9.17) is 9.47 Å². The highest BCUT2D eigenvalue weighted by atomic mass is 16.5. The monoisotopic (exact) mass is 430 g/mol. The summed E-state index contributed by atoms with van der Waals surface area (Å²) in [6, 6.07) is 20.5. The maximum atomic E-state index is 12.8.